The van der Waals surface area contributed by atoms with Gasteiger partial charge in [-0.05, 0) is 50.0 Å². The number of imide groups is 1. The summed E-state index contributed by atoms with van der Waals surface area (Å²) < 4.78 is 0. The van der Waals surface area contributed by atoms with Crippen LogP contribution in [0.3, 0.4) is 0 Å². The molecule has 0 saturated carbocycles. The van der Waals surface area contributed by atoms with Crippen LogP contribution in [0.5, 0.6) is 0 Å². The van der Waals surface area contributed by atoms with E-state index in [1.807, 2.05) is 19.2 Å². The van der Waals surface area contributed by atoms with Crippen LogP contribution in [0.4, 0.5) is 0 Å². The second kappa shape index (κ2) is 8.01. The Balaban J connectivity index is 1.54. The Morgan fingerprint density at radius 2 is 2.04 bits per heavy atom. The largest absolute Gasteiger partial charge is 0.322 e. The maximum Gasteiger partial charge on any atom is 0.255 e. The first-order valence-electron chi connectivity index (χ1n) is 10.2. The highest BCUT2D eigenvalue weighted by molar-refractivity contribution is 6.05. The van der Waals surface area contributed by atoms with Gasteiger partial charge in [-0.3, -0.25) is 24.6 Å². The minimum atomic E-state index is -0.558. The molecule has 3 amide bonds. The normalized spacial score (nSPS) is 25.8. The standard InChI is InChI=1S/C21H28N4O3/c1-22-11-15-6-2-3-10-24(15)12-14-5-4-7-16-17(14)13-25(21(16)28)18-8-9-19(26)23-20(18)27/h4-5,7,15,18,22H,2-3,6,8-13H2,1H3,(H,23,26,27)/t15-,18?/m0/s1. The summed E-state index contributed by atoms with van der Waals surface area (Å²) in [5.74, 6) is -0.715. The number of hydrogen-bond acceptors (Lipinski definition) is 5. The number of benzene rings is 1. The van der Waals surface area contributed by atoms with Crippen LogP contribution in [0.2, 0.25) is 0 Å². The Morgan fingerprint density at radius 1 is 1.18 bits per heavy atom. The number of likely N-dealkylation sites (tertiary alicyclic amines) is 1. The van der Waals surface area contributed by atoms with Gasteiger partial charge < -0.3 is 10.2 Å². The second-order valence-electron chi connectivity index (χ2n) is 8.02. The number of fused-ring (bicyclic) bond motifs is 1. The average molecular weight is 384 g/mol. The number of likely N-dealkylation sites (N-methyl/N-ethyl adjacent to an activating group) is 1. The molecule has 1 unspecified atom stereocenters. The summed E-state index contributed by atoms with van der Waals surface area (Å²) in [6.07, 6.45) is 4.34. The molecule has 4 rings (SSSR count). The van der Waals surface area contributed by atoms with Crippen LogP contribution in [0.15, 0.2) is 18.2 Å². The minimum absolute atomic E-state index is 0.100. The smallest absolute Gasteiger partial charge is 0.255 e. The van der Waals surface area contributed by atoms with E-state index in [9.17, 15) is 14.4 Å². The monoisotopic (exact) mass is 384 g/mol. The van der Waals surface area contributed by atoms with Crippen LogP contribution in [0.25, 0.3) is 0 Å². The van der Waals surface area contributed by atoms with Crippen molar-refractivity contribution in [1.29, 1.82) is 0 Å². The molecule has 150 valence electrons. The summed E-state index contributed by atoms with van der Waals surface area (Å²) in [5, 5.41) is 5.66. The molecule has 3 aliphatic heterocycles. The quantitative estimate of drug-likeness (QED) is 0.741. The zero-order valence-electron chi connectivity index (χ0n) is 16.4. The molecule has 2 saturated heterocycles. The zero-order chi connectivity index (χ0) is 19.7. The van der Waals surface area contributed by atoms with Crippen LogP contribution in [0.1, 0.15) is 53.6 Å². The molecule has 3 heterocycles. The van der Waals surface area contributed by atoms with Gasteiger partial charge in [-0.25, -0.2) is 0 Å². The van der Waals surface area contributed by atoms with Crippen molar-refractivity contribution in [3.05, 3.63) is 34.9 Å². The lowest BCUT2D eigenvalue weighted by Crippen LogP contribution is -2.52. The van der Waals surface area contributed by atoms with Gasteiger partial charge >= 0.3 is 0 Å². The molecule has 0 aliphatic carbocycles. The van der Waals surface area contributed by atoms with Crippen molar-refractivity contribution in [2.75, 3.05) is 20.1 Å². The minimum Gasteiger partial charge on any atom is -0.322 e. The molecule has 1 aromatic rings. The van der Waals surface area contributed by atoms with E-state index >= 15 is 0 Å². The predicted molar refractivity (Wildman–Crippen MR) is 104 cm³/mol. The summed E-state index contributed by atoms with van der Waals surface area (Å²) in [7, 11) is 1.99. The number of nitrogens with one attached hydrogen (secondary N) is 2. The zero-order valence-corrected chi connectivity index (χ0v) is 16.4. The number of hydrogen-bond donors (Lipinski definition) is 2. The highest BCUT2D eigenvalue weighted by Gasteiger charge is 2.40. The van der Waals surface area contributed by atoms with Gasteiger partial charge in [0, 0.05) is 37.7 Å². The summed E-state index contributed by atoms with van der Waals surface area (Å²) >= 11 is 0. The highest BCUT2D eigenvalue weighted by atomic mass is 16.2. The molecule has 7 heteroatoms. The van der Waals surface area contributed by atoms with Crippen molar-refractivity contribution in [3.63, 3.8) is 0 Å². The number of nitrogens with zero attached hydrogens (tertiary/aromatic N) is 2. The van der Waals surface area contributed by atoms with Crippen molar-refractivity contribution in [1.82, 2.24) is 20.4 Å². The summed E-state index contributed by atoms with van der Waals surface area (Å²) in [6, 6.07) is 5.85. The van der Waals surface area contributed by atoms with Gasteiger partial charge in [-0.2, -0.15) is 0 Å². The molecule has 3 aliphatic rings. The number of carbonyl (C=O) groups is 3. The third-order valence-corrected chi connectivity index (χ3v) is 6.24. The van der Waals surface area contributed by atoms with E-state index in [-0.39, 0.29) is 24.1 Å². The SMILES string of the molecule is CNC[C@@H]1CCCCN1Cc1cccc2c1CN(C1CCC(=O)NC1=O)C2=O. The Kier molecular flexibility index (Phi) is 5.46. The van der Waals surface area contributed by atoms with E-state index in [0.717, 1.165) is 25.2 Å². The van der Waals surface area contributed by atoms with E-state index in [2.05, 4.69) is 21.6 Å². The van der Waals surface area contributed by atoms with Crippen molar-refractivity contribution < 1.29 is 14.4 Å². The van der Waals surface area contributed by atoms with Crippen LogP contribution in [-0.2, 0) is 22.7 Å². The first-order chi connectivity index (χ1) is 13.6. The molecule has 2 N–H and O–H groups in total. The topological polar surface area (TPSA) is 81.8 Å². The first kappa shape index (κ1) is 19.1. The summed E-state index contributed by atoms with van der Waals surface area (Å²) in [4.78, 5) is 40.8. The van der Waals surface area contributed by atoms with Crippen molar-refractivity contribution in [3.8, 4) is 0 Å². The molecular formula is C21H28N4O3. The van der Waals surface area contributed by atoms with Crippen LogP contribution >= 0.6 is 0 Å². The Labute approximate surface area is 165 Å². The molecule has 1 aromatic carbocycles. The lowest BCUT2D eigenvalue weighted by molar-refractivity contribution is -0.136. The molecule has 2 atom stereocenters. The van der Waals surface area contributed by atoms with Crippen LogP contribution in [0, 0.1) is 0 Å². The van der Waals surface area contributed by atoms with E-state index in [0.29, 0.717) is 24.6 Å². The van der Waals surface area contributed by atoms with Crippen molar-refractivity contribution in [2.45, 2.75) is 57.3 Å². The first-order valence-corrected chi connectivity index (χ1v) is 10.2. The fraction of sp³-hybridized carbons (Fsp3) is 0.571. The number of piperidine rings is 2. The lowest BCUT2D eigenvalue weighted by atomic mass is 9.98. The molecule has 28 heavy (non-hydrogen) atoms. The molecule has 0 radical (unpaired) electrons. The van der Waals surface area contributed by atoms with Gasteiger partial charge in [0.05, 0.1) is 0 Å². The second-order valence-corrected chi connectivity index (χ2v) is 8.02. The van der Waals surface area contributed by atoms with E-state index in [1.165, 1.54) is 24.8 Å². The van der Waals surface area contributed by atoms with Gasteiger partial charge in [0.25, 0.3) is 5.91 Å². The van der Waals surface area contributed by atoms with Gasteiger partial charge in [-0.15, -0.1) is 0 Å². The number of carbonyl (C=O) groups excluding carboxylic acids is 3. The number of amides is 3. The fourth-order valence-corrected chi connectivity index (χ4v) is 4.75. The van der Waals surface area contributed by atoms with E-state index < -0.39 is 6.04 Å². The van der Waals surface area contributed by atoms with Crippen molar-refractivity contribution >= 4 is 17.7 Å². The fourth-order valence-electron chi connectivity index (χ4n) is 4.75. The van der Waals surface area contributed by atoms with E-state index in [4.69, 9.17) is 0 Å². The molecule has 2 fully saturated rings. The Bertz CT molecular complexity index is 792. The molecule has 7 nitrogen and oxygen atoms in total. The third-order valence-electron chi connectivity index (χ3n) is 6.24. The highest BCUT2D eigenvalue weighted by Crippen LogP contribution is 2.31. The lowest BCUT2D eigenvalue weighted by Gasteiger charge is -2.36. The predicted octanol–water partition coefficient (Wildman–Crippen LogP) is 1.02. The molecular weight excluding hydrogens is 356 g/mol. The van der Waals surface area contributed by atoms with Gasteiger partial charge in [0.1, 0.15) is 6.04 Å². The molecule has 0 aromatic heterocycles. The van der Waals surface area contributed by atoms with Gasteiger partial charge in [0.2, 0.25) is 11.8 Å². The maximum absolute atomic E-state index is 13.0. The van der Waals surface area contributed by atoms with E-state index in [1.54, 1.807) is 4.90 Å². The maximum atomic E-state index is 13.0. The van der Waals surface area contributed by atoms with Crippen molar-refractivity contribution in [2.24, 2.45) is 0 Å². The van der Waals surface area contributed by atoms with Crippen LogP contribution < -0.4 is 10.6 Å². The van der Waals surface area contributed by atoms with Gasteiger partial charge in [0.15, 0.2) is 0 Å². The molecule has 0 spiro atoms. The molecule has 0 bridgehead atoms. The summed E-state index contributed by atoms with van der Waals surface area (Å²) in [5.41, 5.74) is 2.90. The summed E-state index contributed by atoms with van der Waals surface area (Å²) in [6.45, 7) is 3.31. The van der Waals surface area contributed by atoms with Gasteiger partial charge in [-0.1, -0.05) is 18.6 Å². The van der Waals surface area contributed by atoms with Crippen LogP contribution in [-0.4, -0.2) is 59.7 Å². The Hall–Kier alpha value is -2.25. The number of rotatable bonds is 5. The Morgan fingerprint density at radius 3 is 2.82 bits per heavy atom. The third kappa shape index (κ3) is 3.56. The average Bonchev–Trinajstić information content (AvgIpc) is 3.01.